The van der Waals surface area contributed by atoms with E-state index in [9.17, 15) is 14.4 Å². The van der Waals surface area contributed by atoms with Gasteiger partial charge in [0.05, 0.1) is 19.9 Å². The predicted octanol–water partition coefficient (Wildman–Crippen LogP) is 6.26. The normalized spacial score (nSPS) is 12.9. The molecule has 3 amide bonds. The molecule has 0 saturated carbocycles. The van der Waals surface area contributed by atoms with Gasteiger partial charge >= 0.3 is 0 Å². The molecule has 0 spiro atoms. The maximum absolute atomic E-state index is 13.7. The highest BCUT2D eigenvalue weighted by Gasteiger charge is 2.40. The Kier molecular flexibility index (Phi) is 8.89. The van der Waals surface area contributed by atoms with Crippen LogP contribution in [0.3, 0.4) is 0 Å². The monoisotopic (exact) mass is 579 g/mol. The number of imide groups is 1. The number of rotatable bonds is 11. The van der Waals surface area contributed by atoms with Crippen molar-refractivity contribution in [1.29, 1.82) is 0 Å². The van der Waals surface area contributed by atoms with Gasteiger partial charge in [-0.2, -0.15) is 0 Å². The molecule has 4 aromatic carbocycles. The molecule has 42 heavy (non-hydrogen) atoms. The first-order chi connectivity index (χ1) is 20.4. The predicted molar refractivity (Wildman–Crippen MR) is 165 cm³/mol. The number of amides is 3. The molecule has 0 radical (unpaired) electrons. The fraction of sp³-hybridized carbons (Fsp3) is 0.121. The molecule has 4 aromatic rings. The number of ether oxygens (including phenoxy) is 2. The molecule has 8 nitrogen and oxygen atoms in total. The van der Waals surface area contributed by atoms with E-state index in [2.05, 4.69) is 10.6 Å². The Morgan fingerprint density at radius 1 is 0.738 bits per heavy atom. The Labute approximate surface area is 248 Å². The molecular formula is C33H29N3O5S. The Morgan fingerprint density at radius 3 is 1.95 bits per heavy atom. The van der Waals surface area contributed by atoms with Crippen molar-refractivity contribution in [3.63, 3.8) is 0 Å². The van der Waals surface area contributed by atoms with E-state index in [1.807, 2.05) is 42.5 Å². The zero-order valence-electron chi connectivity index (χ0n) is 23.1. The van der Waals surface area contributed by atoms with E-state index in [0.29, 0.717) is 41.4 Å². The van der Waals surface area contributed by atoms with Crippen LogP contribution in [0.4, 0.5) is 17.1 Å². The molecule has 0 aromatic heterocycles. The van der Waals surface area contributed by atoms with E-state index >= 15 is 0 Å². The number of aryl methyl sites for hydroxylation is 1. The van der Waals surface area contributed by atoms with Crippen LogP contribution in [0.2, 0.25) is 0 Å². The molecule has 0 bridgehead atoms. The van der Waals surface area contributed by atoms with Gasteiger partial charge in [-0.1, -0.05) is 42.1 Å². The molecule has 212 valence electrons. The number of hydrogen-bond acceptors (Lipinski definition) is 7. The first kappa shape index (κ1) is 28.5. The van der Waals surface area contributed by atoms with Crippen LogP contribution in [-0.4, -0.2) is 31.9 Å². The molecule has 5 rings (SSSR count). The second-order valence-corrected chi connectivity index (χ2v) is 10.4. The van der Waals surface area contributed by atoms with Gasteiger partial charge in [-0.3, -0.25) is 14.4 Å². The minimum Gasteiger partial charge on any atom is -0.497 e. The van der Waals surface area contributed by atoms with E-state index in [0.717, 1.165) is 15.4 Å². The van der Waals surface area contributed by atoms with Crippen LogP contribution >= 0.6 is 11.8 Å². The fourth-order valence-corrected chi connectivity index (χ4v) is 5.28. The average Bonchev–Trinajstić information content (AvgIpc) is 3.25. The Balaban J connectivity index is 1.34. The minimum atomic E-state index is -0.467. The van der Waals surface area contributed by atoms with Gasteiger partial charge in [-0.25, -0.2) is 4.90 Å². The number of thioether (sulfide) groups is 1. The summed E-state index contributed by atoms with van der Waals surface area (Å²) in [5, 5.41) is 6.05. The zero-order valence-corrected chi connectivity index (χ0v) is 23.9. The molecule has 0 atom stereocenters. The minimum absolute atomic E-state index is 0.0837. The highest BCUT2D eigenvalue weighted by atomic mass is 32.2. The highest BCUT2D eigenvalue weighted by Crippen LogP contribution is 2.38. The summed E-state index contributed by atoms with van der Waals surface area (Å²) >= 11 is 1.18. The number of nitrogens with zero attached hydrogens (tertiary/aromatic N) is 1. The maximum Gasteiger partial charge on any atom is 0.283 e. The summed E-state index contributed by atoms with van der Waals surface area (Å²) in [6, 6.07) is 30.9. The summed E-state index contributed by atoms with van der Waals surface area (Å²) in [7, 11) is 3.13. The van der Waals surface area contributed by atoms with Crippen LogP contribution in [0.1, 0.15) is 12.0 Å². The summed E-state index contributed by atoms with van der Waals surface area (Å²) in [5.74, 6) is 0.296. The van der Waals surface area contributed by atoms with Crippen molar-refractivity contribution in [2.75, 3.05) is 29.8 Å². The quantitative estimate of drug-likeness (QED) is 0.202. The SMILES string of the molecule is COc1ccc(NC2=C(Sc3ccc(NC(=O)CCc4ccccc4)cc3)C(=O)N(c3ccc(OC)cc3)C2=O)cc1. The van der Waals surface area contributed by atoms with Crippen LogP contribution in [0.5, 0.6) is 11.5 Å². The molecular weight excluding hydrogens is 550 g/mol. The smallest absolute Gasteiger partial charge is 0.283 e. The molecule has 0 fully saturated rings. The maximum atomic E-state index is 13.7. The van der Waals surface area contributed by atoms with Gasteiger partial charge in [-0.15, -0.1) is 0 Å². The molecule has 0 unspecified atom stereocenters. The Morgan fingerprint density at radius 2 is 1.33 bits per heavy atom. The van der Waals surface area contributed by atoms with Crippen molar-refractivity contribution in [1.82, 2.24) is 0 Å². The number of carbonyl (C=O) groups is 3. The summed E-state index contributed by atoms with van der Waals surface area (Å²) in [6.45, 7) is 0. The third-order valence-corrected chi connectivity index (χ3v) is 7.66. The van der Waals surface area contributed by atoms with Crippen molar-refractivity contribution in [3.8, 4) is 11.5 Å². The number of nitrogens with one attached hydrogen (secondary N) is 2. The molecule has 9 heteroatoms. The van der Waals surface area contributed by atoms with Gasteiger partial charge in [0.1, 0.15) is 22.1 Å². The van der Waals surface area contributed by atoms with Crippen LogP contribution in [0.15, 0.2) is 119 Å². The third kappa shape index (κ3) is 6.64. The van der Waals surface area contributed by atoms with Gasteiger partial charge in [0.25, 0.3) is 11.8 Å². The number of benzene rings is 4. The number of methoxy groups -OCH3 is 2. The Hall–Kier alpha value is -5.02. The number of hydrogen-bond donors (Lipinski definition) is 2. The van der Waals surface area contributed by atoms with Crippen LogP contribution in [0.25, 0.3) is 0 Å². The first-order valence-electron chi connectivity index (χ1n) is 13.2. The summed E-state index contributed by atoms with van der Waals surface area (Å²) < 4.78 is 10.4. The second-order valence-electron chi connectivity index (χ2n) is 9.36. The third-order valence-electron chi connectivity index (χ3n) is 6.57. The van der Waals surface area contributed by atoms with Crippen molar-refractivity contribution in [3.05, 3.63) is 119 Å². The van der Waals surface area contributed by atoms with E-state index in [4.69, 9.17) is 9.47 Å². The fourth-order valence-electron chi connectivity index (χ4n) is 4.35. The van der Waals surface area contributed by atoms with Gasteiger partial charge in [-0.05, 0) is 84.8 Å². The van der Waals surface area contributed by atoms with Gasteiger partial charge < -0.3 is 20.1 Å². The van der Waals surface area contributed by atoms with Crippen LogP contribution in [-0.2, 0) is 20.8 Å². The van der Waals surface area contributed by atoms with Gasteiger partial charge in [0, 0.05) is 22.7 Å². The summed E-state index contributed by atoms with van der Waals surface area (Å²) in [4.78, 5) is 41.9. The molecule has 1 aliphatic heterocycles. The van der Waals surface area contributed by atoms with E-state index in [1.54, 1.807) is 74.9 Å². The lowest BCUT2D eigenvalue weighted by molar-refractivity contribution is -0.120. The Bertz CT molecular complexity index is 1600. The van der Waals surface area contributed by atoms with Crippen LogP contribution < -0.4 is 25.0 Å². The lowest BCUT2D eigenvalue weighted by Crippen LogP contribution is -2.32. The number of anilines is 3. The molecule has 1 heterocycles. The lowest BCUT2D eigenvalue weighted by atomic mass is 10.1. The standard InChI is InChI=1S/C33H29N3O5S/c1-40-26-15-9-24(10-16-26)35-30-31(33(39)36(32(30)38)25-13-17-27(41-2)18-14-25)42-28-19-11-23(12-20-28)34-29(37)21-8-22-6-4-3-5-7-22/h3-7,9-20,35H,8,21H2,1-2H3,(H,34,37). The van der Waals surface area contributed by atoms with Crippen molar-refractivity contribution >= 4 is 46.5 Å². The second kappa shape index (κ2) is 13.1. The molecule has 0 saturated heterocycles. The van der Waals surface area contributed by atoms with Crippen LogP contribution in [0, 0.1) is 0 Å². The topological polar surface area (TPSA) is 97.0 Å². The first-order valence-corrected chi connectivity index (χ1v) is 14.1. The van der Waals surface area contributed by atoms with Crippen molar-refractivity contribution in [2.24, 2.45) is 0 Å². The average molecular weight is 580 g/mol. The van der Waals surface area contributed by atoms with E-state index < -0.39 is 11.8 Å². The molecule has 0 aliphatic carbocycles. The summed E-state index contributed by atoms with van der Waals surface area (Å²) in [5.41, 5.74) is 2.99. The van der Waals surface area contributed by atoms with Crippen molar-refractivity contribution in [2.45, 2.75) is 17.7 Å². The van der Waals surface area contributed by atoms with Gasteiger partial charge in [0.2, 0.25) is 5.91 Å². The van der Waals surface area contributed by atoms with Gasteiger partial charge in [0.15, 0.2) is 0 Å². The lowest BCUT2D eigenvalue weighted by Gasteiger charge is -2.15. The number of carbonyl (C=O) groups excluding carboxylic acids is 3. The molecule has 2 N–H and O–H groups in total. The van der Waals surface area contributed by atoms with Crippen molar-refractivity contribution < 1.29 is 23.9 Å². The largest absolute Gasteiger partial charge is 0.497 e. The highest BCUT2D eigenvalue weighted by molar-refractivity contribution is 8.04. The van der Waals surface area contributed by atoms with E-state index in [-0.39, 0.29) is 16.5 Å². The molecule has 1 aliphatic rings. The summed E-state index contributed by atoms with van der Waals surface area (Å²) in [6.07, 6.45) is 1.02. The zero-order chi connectivity index (χ0) is 29.5. The van der Waals surface area contributed by atoms with E-state index in [1.165, 1.54) is 11.8 Å².